The first-order chi connectivity index (χ1) is 14.7. The second-order valence-electron chi connectivity index (χ2n) is 6.58. The molecule has 0 aliphatic rings. The standard InChI is InChI=1S/C24H24N2O2.C2H6/c1-2-18-7-6-8-19(15-18)16-25-23(27)17-26-24(28)22-13-11-21(12-14-22)20-9-4-3-5-10-20;1-2/h3-15H,2,16-17H2,1H3,(H,25,27)(H,26,28);1-2H3. The van der Waals surface area contributed by atoms with E-state index in [1.54, 1.807) is 12.1 Å². The van der Waals surface area contributed by atoms with Crippen molar-refractivity contribution < 1.29 is 9.59 Å². The quantitative estimate of drug-likeness (QED) is 0.585. The molecule has 3 aromatic carbocycles. The lowest BCUT2D eigenvalue weighted by atomic mass is 10.0. The highest BCUT2D eigenvalue weighted by Gasteiger charge is 2.08. The van der Waals surface area contributed by atoms with E-state index < -0.39 is 0 Å². The molecule has 0 unspecified atom stereocenters. The first kappa shape index (κ1) is 22.9. The Balaban J connectivity index is 0.00000155. The lowest BCUT2D eigenvalue weighted by Gasteiger charge is -2.09. The van der Waals surface area contributed by atoms with Crippen molar-refractivity contribution in [3.05, 3.63) is 95.6 Å². The number of nitrogens with one attached hydrogen (secondary N) is 2. The Hall–Kier alpha value is -3.40. The van der Waals surface area contributed by atoms with Crippen molar-refractivity contribution in [3.63, 3.8) is 0 Å². The molecular weight excluding hydrogens is 372 g/mol. The summed E-state index contributed by atoms with van der Waals surface area (Å²) in [5.41, 5.74) is 4.96. The predicted octanol–water partition coefficient (Wildman–Crippen LogP) is 4.99. The monoisotopic (exact) mass is 402 g/mol. The first-order valence-corrected chi connectivity index (χ1v) is 10.4. The molecule has 2 N–H and O–H groups in total. The normalized spacial score (nSPS) is 9.83. The van der Waals surface area contributed by atoms with Crippen LogP contribution in [0.2, 0.25) is 0 Å². The number of hydrogen-bond acceptors (Lipinski definition) is 2. The van der Waals surface area contributed by atoms with Crippen molar-refractivity contribution in [1.29, 1.82) is 0 Å². The van der Waals surface area contributed by atoms with Crippen LogP contribution in [0.3, 0.4) is 0 Å². The Morgan fingerprint density at radius 3 is 2.03 bits per heavy atom. The van der Waals surface area contributed by atoms with Gasteiger partial charge in [-0.25, -0.2) is 0 Å². The average molecular weight is 403 g/mol. The highest BCUT2D eigenvalue weighted by Crippen LogP contribution is 2.19. The van der Waals surface area contributed by atoms with Gasteiger partial charge in [-0.05, 0) is 40.8 Å². The molecule has 0 radical (unpaired) electrons. The minimum absolute atomic E-state index is 0.0489. The fraction of sp³-hybridized carbons (Fsp3) is 0.231. The Labute approximate surface area is 179 Å². The van der Waals surface area contributed by atoms with Crippen LogP contribution in [0.4, 0.5) is 0 Å². The SMILES string of the molecule is CC.CCc1cccc(CNC(=O)CNC(=O)c2ccc(-c3ccccc3)cc2)c1. The first-order valence-electron chi connectivity index (χ1n) is 10.4. The fourth-order valence-electron chi connectivity index (χ4n) is 2.93. The number of aryl methyl sites for hydroxylation is 1. The predicted molar refractivity (Wildman–Crippen MR) is 123 cm³/mol. The Morgan fingerprint density at radius 1 is 0.733 bits per heavy atom. The molecule has 0 heterocycles. The Morgan fingerprint density at radius 2 is 1.37 bits per heavy atom. The maximum atomic E-state index is 12.3. The highest BCUT2D eigenvalue weighted by molar-refractivity contribution is 5.96. The molecule has 3 rings (SSSR count). The Bertz CT molecular complexity index is 935. The summed E-state index contributed by atoms with van der Waals surface area (Å²) in [6, 6.07) is 25.4. The van der Waals surface area contributed by atoms with E-state index in [4.69, 9.17) is 0 Å². The molecule has 30 heavy (non-hydrogen) atoms. The molecule has 0 aromatic heterocycles. The van der Waals surface area contributed by atoms with Gasteiger partial charge in [0.15, 0.2) is 0 Å². The second-order valence-corrected chi connectivity index (χ2v) is 6.58. The lowest BCUT2D eigenvalue weighted by Crippen LogP contribution is -2.36. The molecule has 3 aromatic rings. The third-order valence-corrected chi connectivity index (χ3v) is 4.55. The van der Waals surface area contributed by atoms with Gasteiger partial charge in [-0.1, -0.05) is 87.5 Å². The van der Waals surface area contributed by atoms with Gasteiger partial charge in [-0.15, -0.1) is 0 Å². The van der Waals surface area contributed by atoms with Gasteiger partial charge in [-0.3, -0.25) is 9.59 Å². The molecule has 4 heteroatoms. The molecule has 2 amide bonds. The van der Waals surface area contributed by atoms with E-state index in [0.29, 0.717) is 12.1 Å². The van der Waals surface area contributed by atoms with Gasteiger partial charge in [0.2, 0.25) is 5.91 Å². The van der Waals surface area contributed by atoms with Crippen molar-refractivity contribution in [3.8, 4) is 11.1 Å². The van der Waals surface area contributed by atoms with Crippen molar-refractivity contribution >= 4 is 11.8 Å². The van der Waals surface area contributed by atoms with Gasteiger partial charge in [0, 0.05) is 12.1 Å². The summed E-state index contributed by atoms with van der Waals surface area (Å²) in [4.78, 5) is 24.3. The largest absolute Gasteiger partial charge is 0.350 e. The van der Waals surface area contributed by atoms with Crippen LogP contribution in [0.15, 0.2) is 78.9 Å². The zero-order chi connectivity index (χ0) is 21.8. The van der Waals surface area contributed by atoms with E-state index in [-0.39, 0.29) is 18.4 Å². The van der Waals surface area contributed by atoms with Crippen LogP contribution in [0.25, 0.3) is 11.1 Å². The molecule has 0 aliphatic carbocycles. The molecule has 4 nitrogen and oxygen atoms in total. The van der Waals surface area contributed by atoms with E-state index >= 15 is 0 Å². The van der Waals surface area contributed by atoms with Crippen molar-refractivity contribution in [2.45, 2.75) is 33.7 Å². The van der Waals surface area contributed by atoms with Crippen molar-refractivity contribution in [2.75, 3.05) is 6.54 Å². The molecular formula is C26H30N2O2. The summed E-state index contributed by atoms with van der Waals surface area (Å²) in [5.74, 6) is -0.473. The third kappa shape index (κ3) is 6.89. The molecule has 0 fully saturated rings. The van der Waals surface area contributed by atoms with E-state index in [0.717, 1.165) is 23.1 Å². The lowest BCUT2D eigenvalue weighted by molar-refractivity contribution is -0.120. The average Bonchev–Trinajstić information content (AvgIpc) is 2.83. The van der Waals surface area contributed by atoms with E-state index in [1.165, 1.54) is 5.56 Å². The maximum absolute atomic E-state index is 12.3. The van der Waals surface area contributed by atoms with Crippen molar-refractivity contribution in [1.82, 2.24) is 10.6 Å². The summed E-state index contributed by atoms with van der Waals surface area (Å²) in [6.07, 6.45) is 0.959. The van der Waals surface area contributed by atoms with Crippen LogP contribution >= 0.6 is 0 Å². The third-order valence-electron chi connectivity index (χ3n) is 4.55. The smallest absolute Gasteiger partial charge is 0.251 e. The molecule has 0 saturated carbocycles. The van der Waals surface area contributed by atoms with Gasteiger partial charge in [-0.2, -0.15) is 0 Å². The summed E-state index contributed by atoms with van der Waals surface area (Å²) >= 11 is 0. The van der Waals surface area contributed by atoms with Gasteiger partial charge < -0.3 is 10.6 Å². The highest BCUT2D eigenvalue weighted by atomic mass is 16.2. The van der Waals surface area contributed by atoms with E-state index in [2.05, 4.69) is 29.7 Å². The number of carbonyl (C=O) groups is 2. The van der Waals surface area contributed by atoms with Crippen molar-refractivity contribution in [2.24, 2.45) is 0 Å². The van der Waals surface area contributed by atoms with Crippen LogP contribution in [0, 0.1) is 0 Å². The number of carbonyl (C=O) groups excluding carboxylic acids is 2. The number of benzene rings is 3. The van der Waals surface area contributed by atoms with Crippen LogP contribution in [0.5, 0.6) is 0 Å². The molecule has 0 saturated heterocycles. The van der Waals surface area contributed by atoms with Crippen LogP contribution < -0.4 is 10.6 Å². The van der Waals surface area contributed by atoms with E-state index in [1.807, 2.05) is 68.4 Å². The minimum atomic E-state index is -0.261. The Kier molecular flexibility index (Phi) is 9.32. The van der Waals surface area contributed by atoms with Gasteiger partial charge in [0.25, 0.3) is 5.91 Å². The van der Waals surface area contributed by atoms with Gasteiger partial charge in [0.05, 0.1) is 6.54 Å². The minimum Gasteiger partial charge on any atom is -0.350 e. The van der Waals surface area contributed by atoms with Crippen LogP contribution in [0.1, 0.15) is 42.3 Å². The topological polar surface area (TPSA) is 58.2 Å². The van der Waals surface area contributed by atoms with E-state index in [9.17, 15) is 9.59 Å². The van der Waals surface area contributed by atoms with Gasteiger partial charge in [0.1, 0.15) is 0 Å². The summed E-state index contributed by atoms with van der Waals surface area (Å²) in [5, 5.41) is 5.50. The number of amides is 2. The molecule has 156 valence electrons. The zero-order valence-corrected chi connectivity index (χ0v) is 17.9. The second kappa shape index (κ2) is 12.2. The summed E-state index contributed by atoms with van der Waals surface area (Å²) in [6.45, 7) is 6.50. The maximum Gasteiger partial charge on any atom is 0.251 e. The molecule has 0 atom stereocenters. The summed E-state index contributed by atoms with van der Waals surface area (Å²) < 4.78 is 0. The van der Waals surface area contributed by atoms with Crippen LogP contribution in [-0.2, 0) is 17.8 Å². The fourth-order valence-corrected chi connectivity index (χ4v) is 2.93. The number of hydrogen-bond donors (Lipinski definition) is 2. The number of rotatable bonds is 7. The molecule has 0 spiro atoms. The van der Waals surface area contributed by atoms with Crippen LogP contribution in [-0.4, -0.2) is 18.4 Å². The summed E-state index contributed by atoms with van der Waals surface area (Å²) in [7, 11) is 0. The van der Waals surface area contributed by atoms with Gasteiger partial charge >= 0.3 is 0 Å². The zero-order valence-electron chi connectivity index (χ0n) is 17.9. The molecule has 0 aliphatic heterocycles. The molecule has 0 bridgehead atoms.